The van der Waals surface area contributed by atoms with Gasteiger partial charge in [0.25, 0.3) is 5.91 Å². The van der Waals surface area contributed by atoms with Crippen molar-refractivity contribution in [2.45, 2.75) is 0 Å². The number of nitrogens with zero attached hydrogens (tertiary/aromatic N) is 1. The topological polar surface area (TPSA) is 29.4 Å². The molecule has 0 radical (unpaired) electrons. The van der Waals surface area contributed by atoms with Crippen molar-refractivity contribution in [3.8, 4) is 0 Å². The van der Waals surface area contributed by atoms with Crippen LogP contribution in [0, 0.1) is 0 Å². The molecular formula is C10H9NOS. The lowest BCUT2D eigenvalue weighted by atomic mass is 10.1. The summed E-state index contributed by atoms with van der Waals surface area (Å²) in [6.45, 7) is 3.62. The largest absolute Gasteiger partial charge is 0.287 e. The zero-order valence-corrected chi connectivity index (χ0v) is 7.88. The average Bonchev–Trinajstić information content (AvgIpc) is 2.18. The van der Waals surface area contributed by atoms with Crippen LogP contribution in [0.1, 0.15) is 15.9 Å². The quantitative estimate of drug-likeness (QED) is 0.659. The third-order valence-corrected chi connectivity index (χ3v) is 1.84. The van der Waals surface area contributed by atoms with E-state index in [0.717, 1.165) is 16.7 Å². The highest BCUT2D eigenvalue weighted by Crippen LogP contribution is 2.06. The van der Waals surface area contributed by atoms with Crippen LogP contribution >= 0.6 is 0 Å². The standard InChI is InChI=1S/C10H9NOS/c1-3-8-4-6-9(7-5-8)10(12)11-13-2/h3-7H,1-2H2. The summed E-state index contributed by atoms with van der Waals surface area (Å²) >= 11 is 0.920. The number of benzene rings is 1. The van der Waals surface area contributed by atoms with E-state index in [1.54, 1.807) is 18.2 Å². The number of rotatable bonds is 2. The molecule has 66 valence electrons. The molecule has 1 aromatic carbocycles. The number of carbonyl (C=O) groups is 1. The van der Waals surface area contributed by atoms with Gasteiger partial charge in [-0.25, -0.2) is 0 Å². The molecule has 1 amide bonds. The van der Waals surface area contributed by atoms with Gasteiger partial charge in [-0.3, -0.25) is 4.79 Å². The van der Waals surface area contributed by atoms with Crippen LogP contribution in [0.4, 0.5) is 0 Å². The van der Waals surface area contributed by atoms with Crippen molar-refractivity contribution in [3.63, 3.8) is 0 Å². The van der Waals surface area contributed by atoms with Gasteiger partial charge in [-0.15, -0.1) is 0 Å². The van der Waals surface area contributed by atoms with E-state index in [0.29, 0.717) is 5.56 Å². The average molecular weight is 191 g/mol. The molecular weight excluding hydrogens is 182 g/mol. The Morgan fingerprint density at radius 3 is 2.46 bits per heavy atom. The fourth-order valence-corrected chi connectivity index (χ4v) is 1.10. The van der Waals surface area contributed by atoms with Gasteiger partial charge in [0, 0.05) is 5.56 Å². The first-order valence-corrected chi connectivity index (χ1v) is 4.61. The van der Waals surface area contributed by atoms with E-state index in [1.807, 2.05) is 12.1 Å². The molecule has 0 aliphatic heterocycles. The molecule has 0 aliphatic rings. The minimum absolute atomic E-state index is 0.254. The molecule has 0 N–H and O–H groups in total. The zero-order chi connectivity index (χ0) is 9.68. The second-order valence-corrected chi connectivity index (χ2v) is 2.79. The Balaban J connectivity index is 2.98. The van der Waals surface area contributed by atoms with Gasteiger partial charge in [-0.2, -0.15) is 4.36 Å². The van der Waals surface area contributed by atoms with Crippen LogP contribution in [-0.2, 0) is 11.1 Å². The van der Waals surface area contributed by atoms with E-state index in [2.05, 4.69) is 16.8 Å². The predicted octanol–water partition coefficient (Wildman–Crippen LogP) is 2.17. The second-order valence-electron chi connectivity index (χ2n) is 2.35. The van der Waals surface area contributed by atoms with Crippen LogP contribution < -0.4 is 0 Å². The Morgan fingerprint density at radius 1 is 1.38 bits per heavy atom. The number of carbonyl (C=O) groups excluding carboxylic acids is 1. The fourth-order valence-electron chi connectivity index (χ4n) is 0.873. The molecule has 0 saturated carbocycles. The molecule has 3 heteroatoms. The van der Waals surface area contributed by atoms with Gasteiger partial charge in [0.15, 0.2) is 0 Å². The molecule has 0 saturated heterocycles. The predicted molar refractivity (Wildman–Crippen MR) is 57.8 cm³/mol. The third-order valence-electron chi connectivity index (χ3n) is 1.54. The summed E-state index contributed by atoms with van der Waals surface area (Å²) in [6, 6.07) is 7.09. The molecule has 1 aromatic rings. The third kappa shape index (κ3) is 2.49. The van der Waals surface area contributed by atoms with Crippen molar-refractivity contribution in [3.05, 3.63) is 42.0 Å². The van der Waals surface area contributed by atoms with E-state index in [-0.39, 0.29) is 5.91 Å². The zero-order valence-electron chi connectivity index (χ0n) is 7.06. The number of hydrogen-bond donors (Lipinski definition) is 0. The molecule has 0 atom stereocenters. The summed E-state index contributed by atoms with van der Waals surface area (Å²) in [7, 11) is 0. The highest BCUT2D eigenvalue weighted by Gasteiger charge is 2.00. The smallest absolute Gasteiger partial charge is 0.266 e. The summed E-state index contributed by atoms with van der Waals surface area (Å²) in [5.41, 5.74) is 1.56. The molecule has 0 heterocycles. The summed E-state index contributed by atoms with van der Waals surface area (Å²) in [5.74, 6) is 3.14. The van der Waals surface area contributed by atoms with E-state index < -0.39 is 0 Å². The Kier molecular flexibility index (Phi) is 3.34. The lowest BCUT2D eigenvalue weighted by Gasteiger charge is -1.94. The summed E-state index contributed by atoms with van der Waals surface area (Å²) in [4.78, 5) is 11.2. The van der Waals surface area contributed by atoms with Crippen LogP contribution in [0.15, 0.2) is 35.2 Å². The van der Waals surface area contributed by atoms with E-state index in [1.165, 1.54) is 0 Å². The number of hydrogen-bond acceptors (Lipinski definition) is 1. The lowest BCUT2D eigenvalue weighted by Crippen LogP contribution is -1.92. The molecule has 0 bridgehead atoms. The van der Waals surface area contributed by atoms with Crippen molar-refractivity contribution >= 4 is 29.0 Å². The molecule has 0 unspecified atom stereocenters. The first-order valence-electron chi connectivity index (χ1n) is 3.67. The highest BCUT2D eigenvalue weighted by molar-refractivity contribution is 7.66. The summed E-state index contributed by atoms with van der Waals surface area (Å²) < 4.78 is 3.59. The molecule has 0 spiro atoms. The molecule has 0 fully saturated rings. The maximum atomic E-state index is 11.2. The van der Waals surface area contributed by atoms with Gasteiger partial charge >= 0.3 is 0 Å². The van der Waals surface area contributed by atoms with Gasteiger partial charge in [-0.05, 0) is 34.7 Å². The van der Waals surface area contributed by atoms with Crippen molar-refractivity contribution in [1.29, 1.82) is 0 Å². The minimum atomic E-state index is -0.254. The van der Waals surface area contributed by atoms with Crippen LogP contribution in [-0.4, -0.2) is 11.8 Å². The first-order chi connectivity index (χ1) is 6.27. The van der Waals surface area contributed by atoms with Crippen LogP contribution in [0.5, 0.6) is 0 Å². The Labute approximate surface area is 80.6 Å². The molecule has 1 rings (SSSR count). The van der Waals surface area contributed by atoms with Gasteiger partial charge < -0.3 is 0 Å². The maximum Gasteiger partial charge on any atom is 0.287 e. The van der Waals surface area contributed by atoms with E-state index in [4.69, 9.17) is 0 Å². The maximum absolute atomic E-state index is 11.2. The fraction of sp³-hybridized carbons (Fsp3) is 0. The summed E-state index contributed by atoms with van der Waals surface area (Å²) in [5, 5.41) is 0. The monoisotopic (exact) mass is 191 g/mol. The summed E-state index contributed by atoms with van der Waals surface area (Å²) in [6.07, 6.45) is 1.72. The van der Waals surface area contributed by atoms with E-state index >= 15 is 0 Å². The second kappa shape index (κ2) is 4.52. The van der Waals surface area contributed by atoms with Crippen molar-refractivity contribution < 1.29 is 4.79 Å². The van der Waals surface area contributed by atoms with Crippen molar-refractivity contribution in [2.24, 2.45) is 4.36 Å². The number of amides is 1. The van der Waals surface area contributed by atoms with Crippen LogP contribution in [0.2, 0.25) is 0 Å². The van der Waals surface area contributed by atoms with E-state index in [9.17, 15) is 4.79 Å². The van der Waals surface area contributed by atoms with Gasteiger partial charge in [0.2, 0.25) is 0 Å². The highest BCUT2D eigenvalue weighted by atomic mass is 32.1. The normalized spacial score (nSPS) is 8.92. The van der Waals surface area contributed by atoms with Crippen LogP contribution in [0.25, 0.3) is 6.08 Å². The Morgan fingerprint density at radius 2 is 2.00 bits per heavy atom. The minimum Gasteiger partial charge on any atom is -0.266 e. The van der Waals surface area contributed by atoms with Crippen molar-refractivity contribution in [1.82, 2.24) is 0 Å². The Bertz CT molecular complexity index is 374. The van der Waals surface area contributed by atoms with Crippen molar-refractivity contribution in [2.75, 3.05) is 0 Å². The van der Waals surface area contributed by atoms with Gasteiger partial charge in [0.05, 0.1) is 0 Å². The van der Waals surface area contributed by atoms with Crippen LogP contribution in [0.3, 0.4) is 0 Å². The molecule has 0 aliphatic carbocycles. The first kappa shape index (κ1) is 9.61. The molecule has 2 nitrogen and oxygen atoms in total. The molecule has 0 aromatic heterocycles. The molecule has 13 heavy (non-hydrogen) atoms. The lowest BCUT2D eigenvalue weighted by molar-refractivity contribution is 0.101. The van der Waals surface area contributed by atoms with Gasteiger partial charge in [0.1, 0.15) is 0 Å². The SMILES string of the molecule is C=Cc1ccc(C(=O)N=S=C)cc1. The van der Waals surface area contributed by atoms with Gasteiger partial charge in [-0.1, -0.05) is 24.8 Å². The Hall–Kier alpha value is -1.48.